The van der Waals surface area contributed by atoms with Crippen LogP contribution in [0.5, 0.6) is 5.75 Å². The Morgan fingerprint density at radius 2 is 1.97 bits per heavy atom. The van der Waals surface area contributed by atoms with E-state index in [9.17, 15) is 4.79 Å². The summed E-state index contributed by atoms with van der Waals surface area (Å²) in [5.74, 6) is 0.928. The molecule has 1 amide bonds. The number of hydrogen-bond acceptors (Lipinski definition) is 6. The van der Waals surface area contributed by atoms with Crippen LogP contribution in [0.15, 0.2) is 85.6 Å². The number of nitrogens with zero attached hydrogens (tertiary/aromatic N) is 1. The van der Waals surface area contributed by atoms with Crippen molar-refractivity contribution >= 4 is 34.3 Å². The molecule has 0 radical (unpaired) electrons. The third kappa shape index (κ3) is 4.26. The Labute approximate surface area is 177 Å². The molecule has 4 aromatic rings. The van der Waals surface area contributed by atoms with E-state index in [0.29, 0.717) is 28.3 Å². The van der Waals surface area contributed by atoms with Crippen molar-refractivity contribution in [1.29, 1.82) is 0 Å². The fraction of sp³-hybridized carbons (Fsp3) is 0.130. The van der Waals surface area contributed by atoms with Crippen molar-refractivity contribution in [2.45, 2.75) is 11.4 Å². The first kappa shape index (κ1) is 19.8. The van der Waals surface area contributed by atoms with E-state index in [0.717, 1.165) is 10.3 Å². The Hall–Kier alpha value is -3.45. The summed E-state index contributed by atoms with van der Waals surface area (Å²) in [4.78, 5) is 18.7. The molecular weight excluding hydrogens is 400 g/mol. The molecule has 2 heterocycles. The lowest BCUT2D eigenvalue weighted by Gasteiger charge is -2.08. The number of ether oxygens (including phenoxy) is 1. The van der Waals surface area contributed by atoms with Crippen molar-refractivity contribution in [1.82, 2.24) is 5.32 Å². The quantitative estimate of drug-likeness (QED) is 0.448. The Kier molecular flexibility index (Phi) is 5.90. The molecule has 30 heavy (non-hydrogen) atoms. The highest BCUT2D eigenvalue weighted by Crippen LogP contribution is 2.25. The number of hydrogen-bond donors (Lipinski definition) is 1. The number of furan rings is 1. The van der Waals surface area contributed by atoms with Crippen molar-refractivity contribution in [3.8, 4) is 5.75 Å². The van der Waals surface area contributed by atoms with Crippen LogP contribution in [0.1, 0.15) is 16.1 Å². The topological polar surface area (TPSA) is 77.0 Å². The second-order valence-electron chi connectivity index (χ2n) is 6.42. The maximum Gasteiger partial charge on any atom is 0.257 e. The minimum absolute atomic E-state index is 0.209. The normalized spacial score (nSPS) is 11.6. The van der Waals surface area contributed by atoms with Gasteiger partial charge in [-0.1, -0.05) is 12.1 Å². The highest BCUT2D eigenvalue weighted by molar-refractivity contribution is 7.98. The van der Waals surface area contributed by atoms with Crippen LogP contribution in [0.25, 0.3) is 11.0 Å². The van der Waals surface area contributed by atoms with E-state index in [1.807, 2.05) is 42.7 Å². The largest absolute Gasteiger partial charge is 0.493 e. The Morgan fingerprint density at radius 1 is 1.13 bits per heavy atom. The van der Waals surface area contributed by atoms with Crippen LogP contribution in [0, 0.1) is 0 Å². The Bertz CT molecular complexity index is 1230. The number of benzene rings is 2. The Morgan fingerprint density at radius 3 is 2.67 bits per heavy atom. The van der Waals surface area contributed by atoms with E-state index in [4.69, 9.17) is 13.6 Å². The monoisotopic (exact) mass is 420 g/mol. The molecule has 6 nitrogen and oxygen atoms in total. The van der Waals surface area contributed by atoms with Gasteiger partial charge in [-0.15, -0.1) is 11.8 Å². The van der Waals surface area contributed by atoms with Crippen LogP contribution >= 0.6 is 11.8 Å². The van der Waals surface area contributed by atoms with Crippen molar-refractivity contribution in [2.75, 3.05) is 13.4 Å². The fourth-order valence-corrected chi connectivity index (χ4v) is 3.39. The molecule has 0 spiro atoms. The number of nitrogens with one attached hydrogen (secondary N) is 1. The summed E-state index contributed by atoms with van der Waals surface area (Å²) in [6.07, 6.45) is 3.58. The third-order valence-corrected chi connectivity index (χ3v) is 5.25. The zero-order valence-electron chi connectivity index (χ0n) is 16.5. The van der Waals surface area contributed by atoms with Crippen LogP contribution in [0.3, 0.4) is 0 Å². The molecule has 0 unspecified atom stereocenters. The predicted octanol–water partition coefficient (Wildman–Crippen LogP) is 4.92. The molecule has 4 rings (SSSR count). The minimum Gasteiger partial charge on any atom is -0.493 e. The minimum atomic E-state index is -0.306. The SMILES string of the molecule is COc1cccc2cc(C(=O)NCc3ccco3)c(=Nc3ccc(SC)cc3)oc12. The van der Waals surface area contributed by atoms with Gasteiger partial charge in [-0.3, -0.25) is 4.79 Å². The van der Waals surface area contributed by atoms with Gasteiger partial charge in [0.1, 0.15) is 11.3 Å². The molecule has 2 aromatic carbocycles. The van der Waals surface area contributed by atoms with Crippen molar-refractivity contribution < 1.29 is 18.4 Å². The highest BCUT2D eigenvalue weighted by atomic mass is 32.2. The first-order valence-corrected chi connectivity index (χ1v) is 10.5. The standard InChI is InChI=1S/C23H20N2O4S/c1-27-20-7-3-5-15-13-19(22(26)24-14-17-6-4-12-28-17)23(29-21(15)20)25-16-8-10-18(30-2)11-9-16/h3-13H,14H2,1-2H3,(H,24,26). The fourth-order valence-electron chi connectivity index (χ4n) is 2.98. The van der Waals surface area contributed by atoms with E-state index in [1.165, 1.54) is 0 Å². The molecule has 152 valence electrons. The average molecular weight is 420 g/mol. The van der Waals surface area contributed by atoms with Gasteiger partial charge in [0.25, 0.3) is 5.91 Å². The van der Waals surface area contributed by atoms with Gasteiger partial charge in [0.2, 0.25) is 5.55 Å². The maximum atomic E-state index is 12.9. The third-order valence-electron chi connectivity index (χ3n) is 4.51. The van der Waals surface area contributed by atoms with Crippen LogP contribution in [0.4, 0.5) is 5.69 Å². The molecule has 0 aliphatic carbocycles. The van der Waals surface area contributed by atoms with Gasteiger partial charge in [0, 0.05) is 10.3 Å². The molecule has 0 saturated carbocycles. The van der Waals surface area contributed by atoms with Gasteiger partial charge in [-0.05, 0) is 54.8 Å². The number of para-hydroxylation sites is 1. The van der Waals surface area contributed by atoms with Crippen molar-refractivity contribution in [3.05, 3.63) is 83.8 Å². The van der Waals surface area contributed by atoms with E-state index in [-0.39, 0.29) is 18.0 Å². The molecule has 0 bridgehead atoms. The van der Waals surface area contributed by atoms with Crippen molar-refractivity contribution in [3.63, 3.8) is 0 Å². The number of fused-ring (bicyclic) bond motifs is 1. The highest BCUT2D eigenvalue weighted by Gasteiger charge is 2.15. The first-order chi connectivity index (χ1) is 14.7. The average Bonchev–Trinajstić information content (AvgIpc) is 3.31. The molecule has 0 atom stereocenters. The summed E-state index contributed by atoms with van der Waals surface area (Å²) in [6.45, 7) is 0.268. The number of amides is 1. The number of methoxy groups -OCH3 is 1. The predicted molar refractivity (Wildman–Crippen MR) is 116 cm³/mol. The second-order valence-corrected chi connectivity index (χ2v) is 7.30. The lowest BCUT2D eigenvalue weighted by atomic mass is 10.1. The maximum absolute atomic E-state index is 12.9. The lowest BCUT2D eigenvalue weighted by Crippen LogP contribution is -2.28. The Balaban J connectivity index is 1.80. The summed E-state index contributed by atoms with van der Waals surface area (Å²) in [5, 5.41) is 3.60. The van der Waals surface area contributed by atoms with Gasteiger partial charge >= 0.3 is 0 Å². The summed E-state index contributed by atoms with van der Waals surface area (Å²) in [7, 11) is 1.58. The van der Waals surface area contributed by atoms with Crippen molar-refractivity contribution in [2.24, 2.45) is 4.99 Å². The molecule has 1 N–H and O–H groups in total. The smallest absolute Gasteiger partial charge is 0.257 e. The summed E-state index contributed by atoms with van der Waals surface area (Å²) >= 11 is 1.65. The van der Waals surface area contributed by atoms with E-state index >= 15 is 0 Å². The van der Waals surface area contributed by atoms with Crippen LogP contribution in [0.2, 0.25) is 0 Å². The molecule has 0 aliphatic rings. The van der Waals surface area contributed by atoms with E-state index < -0.39 is 0 Å². The molecule has 0 saturated heterocycles. The number of thioether (sulfide) groups is 1. The van der Waals surface area contributed by atoms with E-state index in [1.54, 1.807) is 49.4 Å². The molecule has 2 aromatic heterocycles. The molecular formula is C23H20N2O4S. The number of carbonyl (C=O) groups is 1. The zero-order valence-corrected chi connectivity index (χ0v) is 17.4. The summed E-state index contributed by atoms with van der Waals surface area (Å²) < 4.78 is 16.7. The summed E-state index contributed by atoms with van der Waals surface area (Å²) in [5.41, 5.74) is 1.75. The number of rotatable bonds is 6. The van der Waals surface area contributed by atoms with Gasteiger partial charge in [-0.2, -0.15) is 0 Å². The van der Waals surface area contributed by atoms with Crippen LogP contribution < -0.4 is 15.6 Å². The lowest BCUT2D eigenvalue weighted by molar-refractivity contribution is 0.0944. The van der Waals surface area contributed by atoms with E-state index in [2.05, 4.69) is 10.3 Å². The van der Waals surface area contributed by atoms with Crippen LogP contribution in [-0.2, 0) is 6.54 Å². The molecule has 0 aliphatic heterocycles. The molecule has 7 heteroatoms. The molecule has 0 fully saturated rings. The summed E-state index contributed by atoms with van der Waals surface area (Å²) in [6, 6.07) is 18.6. The first-order valence-electron chi connectivity index (χ1n) is 9.28. The second kappa shape index (κ2) is 8.92. The van der Waals surface area contributed by atoms with Gasteiger partial charge < -0.3 is 18.9 Å². The van der Waals surface area contributed by atoms with Gasteiger partial charge in [0.15, 0.2) is 11.3 Å². The zero-order chi connectivity index (χ0) is 20.9. The van der Waals surface area contributed by atoms with Gasteiger partial charge in [0.05, 0.1) is 25.6 Å². The van der Waals surface area contributed by atoms with Gasteiger partial charge in [-0.25, -0.2) is 4.99 Å². The van der Waals surface area contributed by atoms with Crippen LogP contribution in [-0.4, -0.2) is 19.3 Å². The number of carbonyl (C=O) groups excluding carboxylic acids is 1.